The fourth-order valence-electron chi connectivity index (χ4n) is 1.52. The SMILES string of the molecule is Cc1ccc(CNC(=O)c2cn(CCN)nn2)cn1. The van der Waals surface area contributed by atoms with E-state index in [0.717, 1.165) is 11.3 Å². The van der Waals surface area contributed by atoms with E-state index >= 15 is 0 Å². The Kier molecular flexibility index (Phi) is 4.19. The molecule has 0 aliphatic carbocycles. The molecule has 0 bridgehead atoms. The van der Waals surface area contributed by atoms with Crippen LogP contribution in [0.4, 0.5) is 0 Å². The predicted octanol–water partition coefficient (Wildman–Crippen LogP) is -0.130. The Morgan fingerprint density at radius 1 is 1.47 bits per heavy atom. The first-order valence-electron chi connectivity index (χ1n) is 5.99. The van der Waals surface area contributed by atoms with Gasteiger partial charge in [0.15, 0.2) is 5.69 Å². The van der Waals surface area contributed by atoms with Gasteiger partial charge in [0.2, 0.25) is 0 Å². The van der Waals surface area contributed by atoms with E-state index in [2.05, 4.69) is 20.6 Å². The Bertz CT molecular complexity index is 548. The lowest BCUT2D eigenvalue weighted by atomic mass is 10.2. The number of rotatable bonds is 5. The number of carbonyl (C=O) groups is 1. The fraction of sp³-hybridized carbons (Fsp3) is 0.333. The maximum absolute atomic E-state index is 11.8. The molecule has 0 radical (unpaired) electrons. The van der Waals surface area contributed by atoms with Gasteiger partial charge in [0.1, 0.15) is 0 Å². The van der Waals surface area contributed by atoms with Gasteiger partial charge >= 0.3 is 0 Å². The van der Waals surface area contributed by atoms with Crippen molar-refractivity contribution in [2.75, 3.05) is 6.54 Å². The number of aromatic nitrogens is 4. The minimum Gasteiger partial charge on any atom is -0.346 e. The second-order valence-corrected chi connectivity index (χ2v) is 4.15. The molecule has 0 unspecified atom stereocenters. The summed E-state index contributed by atoms with van der Waals surface area (Å²) in [7, 11) is 0. The van der Waals surface area contributed by atoms with Crippen LogP contribution in [0.5, 0.6) is 0 Å². The third-order valence-corrected chi connectivity index (χ3v) is 2.56. The van der Waals surface area contributed by atoms with Crippen LogP contribution < -0.4 is 11.1 Å². The minimum absolute atomic E-state index is 0.260. The van der Waals surface area contributed by atoms with Gasteiger partial charge in [0.05, 0.1) is 12.7 Å². The van der Waals surface area contributed by atoms with Crippen LogP contribution in [0.15, 0.2) is 24.5 Å². The zero-order valence-corrected chi connectivity index (χ0v) is 10.7. The topological polar surface area (TPSA) is 98.7 Å². The molecule has 2 aromatic rings. The van der Waals surface area contributed by atoms with E-state index in [1.165, 1.54) is 0 Å². The predicted molar refractivity (Wildman–Crippen MR) is 69.2 cm³/mol. The van der Waals surface area contributed by atoms with E-state index in [1.54, 1.807) is 17.1 Å². The highest BCUT2D eigenvalue weighted by Gasteiger charge is 2.10. The molecule has 0 spiro atoms. The van der Waals surface area contributed by atoms with Crippen molar-refractivity contribution >= 4 is 5.91 Å². The summed E-state index contributed by atoms with van der Waals surface area (Å²) in [6.45, 7) is 3.33. The van der Waals surface area contributed by atoms with Crippen LogP contribution in [0, 0.1) is 6.92 Å². The summed E-state index contributed by atoms with van der Waals surface area (Å²) in [6.07, 6.45) is 3.32. The zero-order chi connectivity index (χ0) is 13.7. The number of nitrogens with two attached hydrogens (primary N) is 1. The lowest BCUT2D eigenvalue weighted by molar-refractivity contribution is 0.0946. The normalized spacial score (nSPS) is 10.4. The average Bonchev–Trinajstić information content (AvgIpc) is 2.87. The van der Waals surface area contributed by atoms with Gasteiger partial charge in [-0.1, -0.05) is 11.3 Å². The van der Waals surface area contributed by atoms with Gasteiger partial charge in [-0.15, -0.1) is 5.10 Å². The highest BCUT2D eigenvalue weighted by atomic mass is 16.2. The number of pyridine rings is 1. The number of aryl methyl sites for hydroxylation is 1. The summed E-state index contributed by atoms with van der Waals surface area (Å²) in [4.78, 5) is 16.0. The lowest BCUT2D eigenvalue weighted by Gasteiger charge is -2.02. The number of amides is 1. The zero-order valence-electron chi connectivity index (χ0n) is 10.7. The molecule has 0 saturated heterocycles. The lowest BCUT2D eigenvalue weighted by Crippen LogP contribution is -2.23. The van der Waals surface area contributed by atoms with E-state index in [1.807, 2.05) is 19.1 Å². The van der Waals surface area contributed by atoms with Crippen molar-refractivity contribution in [1.82, 2.24) is 25.3 Å². The van der Waals surface area contributed by atoms with Gasteiger partial charge < -0.3 is 11.1 Å². The van der Waals surface area contributed by atoms with E-state index in [9.17, 15) is 4.79 Å². The van der Waals surface area contributed by atoms with Crippen LogP contribution in [-0.4, -0.2) is 32.4 Å². The van der Waals surface area contributed by atoms with Crippen LogP contribution in [0.3, 0.4) is 0 Å². The maximum atomic E-state index is 11.8. The van der Waals surface area contributed by atoms with Crippen molar-refractivity contribution in [2.24, 2.45) is 5.73 Å². The number of carbonyl (C=O) groups excluding carboxylic acids is 1. The summed E-state index contributed by atoms with van der Waals surface area (Å²) in [5.74, 6) is -0.260. The number of hydrogen-bond donors (Lipinski definition) is 2. The molecule has 0 aromatic carbocycles. The summed E-state index contributed by atoms with van der Waals surface area (Å²) < 4.78 is 1.54. The number of hydrogen-bond acceptors (Lipinski definition) is 5. The number of nitrogens with zero attached hydrogens (tertiary/aromatic N) is 4. The van der Waals surface area contributed by atoms with E-state index in [0.29, 0.717) is 19.6 Å². The van der Waals surface area contributed by atoms with Gasteiger partial charge in [0, 0.05) is 25.0 Å². The first-order valence-corrected chi connectivity index (χ1v) is 5.99. The van der Waals surface area contributed by atoms with Gasteiger partial charge in [-0.05, 0) is 18.6 Å². The molecule has 0 aliphatic rings. The second-order valence-electron chi connectivity index (χ2n) is 4.15. The molecule has 1 amide bonds. The van der Waals surface area contributed by atoms with E-state index < -0.39 is 0 Å². The van der Waals surface area contributed by atoms with Crippen molar-refractivity contribution in [2.45, 2.75) is 20.0 Å². The molecule has 7 nitrogen and oxygen atoms in total. The van der Waals surface area contributed by atoms with Crippen molar-refractivity contribution in [3.05, 3.63) is 41.5 Å². The standard InChI is InChI=1S/C12H16N6O/c1-9-2-3-10(6-14-9)7-15-12(19)11-8-18(5-4-13)17-16-11/h2-3,6,8H,4-5,7,13H2,1H3,(H,15,19). The van der Waals surface area contributed by atoms with E-state index in [-0.39, 0.29) is 11.6 Å². The molecular weight excluding hydrogens is 244 g/mol. The van der Waals surface area contributed by atoms with Gasteiger partial charge in [-0.2, -0.15) is 0 Å². The molecule has 0 saturated carbocycles. The molecule has 19 heavy (non-hydrogen) atoms. The first-order chi connectivity index (χ1) is 9.19. The third-order valence-electron chi connectivity index (χ3n) is 2.56. The molecule has 100 valence electrons. The van der Waals surface area contributed by atoms with Crippen molar-refractivity contribution < 1.29 is 4.79 Å². The van der Waals surface area contributed by atoms with Crippen LogP contribution >= 0.6 is 0 Å². The summed E-state index contributed by atoms with van der Waals surface area (Å²) in [5, 5.41) is 10.4. The second kappa shape index (κ2) is 6.05. The first kappa shape index (κ1) is 13.2. The van der Waals surface area contributed by atoms with Crippen molar-refractivity contribution in [1.29, 1.82) is 0 Å². The Morgan fingerprint density at radius 3 is 3.00 bits per heavy atom. The van der Waals surface area contributed by atoms with Gasteiger partial charge in [-0.3, -0.25) is 14.5 Å². The third kappa shape index (κ3) is 3.59. The maximum Gasteiger partial charge on any atom is 0.273 e. The Morgan fingerprint density at radius 2 is 2.32 bits per heavy atom. The average molecular weight is 260 g/mol. The highest BCUT2D eigenvalue weighted by Crippen LogP contribution is 2.00. The van der Waals surface area contributed by atoms with Crippen molar-refractivity contribution in [3.8, 4) is 0 Å². The van der Waals surface area contributed by atoms with Crippen LogP contribution in [0.2, 0.25) is 0 Å². The quantitative estimate of drug-likeness (QED) is 0.780. The molecule has 7 heteroatoms. The summed E-state index contributed by atoms with van der Waals surface area (Å²) in [5.41, 5.74) is 7.56. The highest BCUT2D eigenvalue weighted by molar-refractivity contribution is 5.91. The van der Waals surface area contributed by atoms with Gasteiger partial charge in [0.25, 0.3) is 5.91 Å². The molecule has 3 N–H and O–H groups in total. The Hall–Kier alpha value is -2.28. The molecule has 2 heterocycles. The van der Waals surface area contributed by atoms with Crippen LogP contribution in [0.1, 0.15) is 21.7 Å². The van der Waals surface area contributed by atoms with Crippen LogP contribution in [0.25, 0.3) is 0 Å². The molecule has 0 atom stereocenters. The Balaban J connectivity index is 1.91. The molecule has 0 aliphatic heterocycles. The van der Waals surface area contributed by atoms with E-state index in [4.69, 9.17) is 5.73 Å². The van der Waals surface area contributed by atoms with Crippen LogP contribution in [-0.2, 0) is 13.1 Å². The number of nitrogens with one attached hydrogen (secondary N) is 1. The van der Waals surface area contributed by atoms with Gasteiger partial charge in [-0.25, -0.2) is 0 Å². The fourth-order valence-corrected chi connectivity index (χ4v) is 1.52. The molecule has 2 aromatic heterocycles. The monoisotopic (exact) mass is 260 g/mol. The Labute approximate surface area is 110 Å². The summed E-state index contributed by atoms with van der Waals surface area (Å²) >= 11 is 0. The minimum atomic E-state index is -0.260. The summed E-state index contributed by atoms with van der Waals surface area (Å²) in [6, 6.07) is 3.83. The molecule has 0 fully saturated rings. The molecular formula is C12H16N6O. The smallest absolute Gasteiger partial charge is 0.273 e. The largest absolute Gasteiger partial charge is 0.346 e. The molecule has 2 rings (SSSR count). The van der Waals surface area contributed by atoms with Crippen molar-refractivity contribution in [3.63, 3.8) is 0 Å².